The van der Waals surface area contributed by atoms with E-state index in [0.717, 1.165) is 22.2 Å². The molecular weight excluding hydrogens is 346 g/mol. The predicted molar refractivity (Wildman–Crippen MR) is 113 cm³/mol. The summed E-state index contributed by atoms with van der Waals surface area (Å²) in [5, 5.41) is 10.7. The Morgan fingerprint density at radius 3 is 2.18 bits per heavy atom. The molecule has 4 rings (SSSR count). The molecule has 1 N–H and O–H groups in total. The molecule has 1 unspecified atom stereocenters. The number of hydrogen-bond donors (Lipinski definition) is 1. The number of carboxylic acids is 1. The van der Waals surface area contributed by atoms with Gasteiger partial charge in [0.15, 0.2) is 0 Å². The molecule has 0 saturated carbocycles. The first kappa shape index (κ1) is 18.1. The van der Waals surface area contributed by atoms with Gasteiger partial charge in [0.05, 0.1) is 11.4 Å². The second kappa shape index (κ2) is 7.73. The number of para-hydroxylation sites is 2. The quantitative estimate of drug-likeness (QED) is 0.461. The molecule has 0 radical (unpaired) electrons. The summed E-state index contributed by atoms with van der Waals surface area (Å²) in [6.45, 7) is 1.79. The minimum atomic E-state index is -0.757. The molecule has 3 nitrogen and oxygen atoms in total. The lowest BCUT2D eigenvalue weighted by molar-refractivity contribution is -0.141. The smallest absolute Gasteiger partial charge is 0.306 e. The number of aliphatic carboxylic acids is 1. The largest absolute Gasteiger partial charge is 0.481 e. The molecule has 0 fully saturated rings. The normalized spacial score (nSPS) is 13.3. The zero-order chi connectivity index (χ0) is 19.5. The first-order valence-corrected chi connectivity index (χ1v) is 9.58. The van der Waals surface area contributed by atoms with Gasteiger partial charge in [-0.2, -0.15) is 0 Å². The summed E-state index contributed by atoms with van der Waals surface area (Å²) in [5.74, 6) is -1.17. The number of benzene rings is 3. The van der Waals surface area contributed by atoms with Crippen molar-refractivity contribution in [3.05, 3.63) is 102 Å². The Labute approximate surface area is 164 Å². The molecule has 140 valence electrons. The topological polar surface area (TPSA) is 42.2 Å². The van der Waals surface area contributed by atoms with Crippen LogP contribution in [0.5, 0.6) is 0 Å². The van der Waals surface area contributed by atoms with E-state index in [1.807, 2.05) is 48.5 Å². The van der Waals surface area contributed by atoms with Gasteiger partial charge in [0.1, 0.15) is 0 Å². The molecule has 3 aromatic carbocycles. The maximum absolute atomic E-state index is 11.6. The zero-order valence-electron chi connectivity index (χ0n) is 15.8. The molecule has 0 saturated heterocycles. The van der Waals surface area contributed by atoms with Gasteiger partial charge in [-0.05, 0) is 35.7 Å². The number of carboxylic acid groups (broad SMARTS) is 1. The summed E-state index contributed by atoms with van der Waals surface area (Å²) in [4.78, 5) is 11.6. The van der Waals surface area contributed by atoms with Gasteiger partial charge >= 0.3 is 5.97 Å². The number of hydrogen-bond acceptors (Lipinski definition) is 1. The highest BCUT2D eigenvalue weighted by atomic mass is 16.4. The summed E-state index contributed by atoms with van der Waals surface area (Å²) in [7, 11) is 0. The summed E-state index contributed by atoms with van der Waals surface area (Å²) >= 11 is 0. The van der Waals surface area contributed by atoms with Crippen molar-refractivity contribution < 1.29 is 9.90 Å². The molecule has 0 spiro atoms. The van der Waals surface area contributed by atoms with E-state index in [1.165, 1.54) is 5.56 Å². The average molecular weight is 369 g/mol. The fraction of sp³-hybridized carbons (Fsp3) is 0.160. The first-order valence-electron chi connectivity index (χ1n) is 9.58. The highest BCUT2D eigenvalue weighted by Crippen LogP contribution is 2.37. The lowest BCUT2D eigenvalue weighted by Crippen LogP contribution is -2.14. The van der Waals surface area contributed by atoms with Gasteiger partial charge < -0.3 is 9.67 Å². The summed E-state index contributed by atoms with van der Waals surface area (Å²) < 4.78 is 2.20. The lowest BCUT2D eigenvalue weighted by atomic mass is 9.84. The molecule has 1 aromatic heterocycles. The minimum absolute atomic E-state index is 0.0159. The monoisotopic (exact) mass is 369 g/mol. The van der Waals surface area contributed by atoms with E-state index in [1.54, 1.807) is 6.92 Å². The van der Waals surface area contributed by atoms with Crippen LogP contribution in [0.3, 0.4) is 0 Å². The summed E-state index contributed by atoms with van der Waals surface area (Å²) in [6, 6.07) is 28.8. The Bertz CT molecular complexity index is 1080. The van der Waals surface area contributed by atoms with Crippen LogP contribution in [0.1, 0.15) is 30.4 Å². The van der Waals surface area contributed by atoms with Gasteiger partial charge in [-0.3, -0.25) is 4.79 Å². The predicted octanol–water partition coefficient (Wildman–Crippen LogP) is 5.87. The van der Waals surface area contributed by atoms with E-state index in [4.69, 9.17) is 0 Å². The number of rotatable bonds is 6. The highest BCUT2D eigenvalue weighted by molar-refractivity contribution is 5.86. The van der Waals surface area contributed by atoms with Crippen LogP contribution < -0.4 is 0 Å². The van der Waals surface area contributed by atoms with Gasteiger partial charge in [0, 0.05) is 23.2 Å². The van der Waals surface area contributed by atoms with Crippen molar-refractivity contribution in [1.82, 2.24) is 4.57 Å². The molecular formula is C25H23NO2. The molecule has 0 aliphatic carbocycles. The van der Waals surface area contributed by atoms with Crippen molar-refractivity contribution in [2.45, 2.75) is 19.3 Å². The molecule has 0 amide bonds. The molecule has 0 bridgehead atoms. The number of fused-ring (bicyclic) bond motifs is 1. The van der Waals surface area contributed by atoms with Crippen LogP contribution in [0.2, 0.25) is 0 Å². The Kier molecular flexibility index (Phi) is 4.98. The van der Waals surface area contributed by atoms with E-state index >= 15 is 0 Å². The molecule has 1 heterocycles. The van der Waals surface area contributed by atoms with Crippen molar-refractivity contribution in [3.63, 3.8) is 0 Å². The lowest BCUT2D eigenvalue weighted by Gasteiger charge is -2.19. The van der Waals surface area contributed by atoms with Crippen molar-refractivity contribution in [1.29, 1.82) is 0 Å². The maximum atomic E-state index is 11.6. The average Bonchev–Trinajstić information content (AvgIpc) is 3.12. The Hall–Kier alpha value is -3.33. The van der Waals surface area contributed by atoms with Crippen LogP contribution in [0.15, 0.2) is 91.1 Å². The Balaban J connectivity index is 1.90. The van der Waals surface area contributed by atoms with Crippen molar-refractivity contribution in [2.24, 2.45) is 5.92 Å². The van der Waals surface area contributed by atoms with Gasteiger partial charge in [-0.1, -0.05) is 73.7 Å². The third-order valence-electron chi connectivity index (χ3n) is 5.37. The van der Waals surface area contributed by atoms with E-state index in [-0.39, 0.29) is 5.92 Å². The minimum Gasteiger partial charge on any atom is -0.481 e. The Morgan fingerprint density at radius 1 is 0.893 bits per heavy atom. The number of nitrogens with zero attached hydrogens (tertiary/aromatic N) is 1. The first-order chi connectivity index (χ1) is 13.6. The molecule has 28 heavy (non-hydrogen) atoms. The standard InChI is InChI=1S/C25H23NO2/c1-18(25(27)28)16-22(19-10-4-2-5-11-19)23-17-26(20-12-6-3-7-13-20)24-15-9-8-14-21(23)24/h2-15,17-18,22H,16H2,1H3,(H,27,28)/t18-,22?/m1/s1. The van der Waals surface area contributed by atoms with Crippen LogP contribution in [0.25, 0.3) is 16.6 Å². The summed E-state index contributed by atoms with van der Waals surface area (Å²) in [5.41, 5.74) is 4.54. The second-order valence-electron chi connectivity index (χ2n) is 7.25. The van der Waals surface area contributed by atoms with Gasteiger partial charge in [0.2, 0.25) is 0 Å². The molecule has 3 heteroatoms. The zero-order valence-corrected chi connectivity index (χ0v) is 15.8. The van der Waals surface area contributed by atoms with Gasteiger partial charge in [-0.25, -0.2) is 0 Å². The van der Waals surface area contributed by atoms with E-state index in [0.29, 0.717) is 6.42 Å². The highest BCUT2D eigenvalue weighted by Gasteiger charge is 2.24. The fourth-order valence-corrected chi connectivity index (χ4v) is 3.87. The van der Waals surface area contributed by atoms with Gasteiger partial charge in [-0.15, -0.1) is 0 Å². The van der Waals surface area contributed by atoms with Gasteiger partial charge in [0.25, 0.3) is 0 Å². The van der Waals surface area contributed by atoms with Crippen molar-refractivity contribution in [2.75, 3.05) is 0 Å². The molecule has 4 aromatic rings. The third kappa shape index (κ3) is 3.44. The third-order valence-corrected chi connectivity index (χ3v) is 5.37. The van der Waals surface area contributed by atoms with Crippen LogP contribution >= 0.6 is 0 Å². The molecule has 0 aliphatic heterocycles. The van der Waals surface area contributed by atoms with Crippen molar-refractivity contribution in [3.8, 4) is 5.69 Å². The van der Waals surface area contributed by atoms with Crippen LogP contribution in [0, 0.1) is 5.92 Å². The summed E-state index contributed by atoms with van der Waals surface area (Å²) in [6.07, 6.45) is 2.73. The number of aromatic nitrogens is 1. The van der Waals surface area contributed by atoms with Crippen LogP contribution in [-0.4, -0.2) is 15.6 Å². The fourth-order valence-electron chi connectivity index (χ4n) is 3.87. The Morgan fingerprint density at radius 2 is 1.50 bits per heavy atom. The number of carbonyl (C=O) groups is 1. The molecule has 2 atom stereocenters. The second-order valence-corrected chi connectivity index (χ2v) is 7.25. The SMILES string of the molecule is C[C@H](CC(c1ccccc1)c1cn(-c2ccccc2)c2ccccc12)C(=O)O. The van der Waals surface area contributed by atoms with Crippen LogP contribution in [-0.2, 0) is 4.79 Å². The van der Waals surface area contributed by atoms with E-state index in [2.05, 4.69) is 47.2 Å². The van der Waals surface area contributed by atoms with E-state index in [9.17, 15) is 9.90 Å². The van der Waals surface area contributed by atoms with E-state index < -0.39 is 11.9 Å². The molecule has 0 aliphatic rings. The maximum Gasteiger partial charge on any atom is 0.306 e. The van der Waals surface area contributed by atoms with Crippen molar-refractivity contribution >= 4 is 16.9 Å². The van der Waals surface area contributed by atoms with Crippen LogP contribution in [0.4, 0.5) is 0 Å².